The molecule has 2 nitrogen and oxygen atoms in total. The SMILES string of the molecule is CCCCN(CCCC)C(=O)C1CCC1. The maximum atomic E-state index is 12.1. The molecule has 0 aliphatic heterocycles. The van der Waals surface area contributed by atoms with Crippen LogP contribution in [0.5, 0.6) is 0 Å². The maximum absolute atomic E-state index is 12.1. The first kappa shape index (κ1) is 12.5. The molecule has 15 heavy (non-hydrogen) atoms. The second kappa shape index (κ2) is 6.86. The van der Waals surface area contributed by atoms with Crippen molar-refractivity contribution in [1.29, 1.82) is 0 Å². The van der Waals surface area contributed by atoms with Gasteiger partial charge in [0.2, 0.25) is 5.91 Å². The average Bonchev–Trinajstić information content (AvgIpc) is 2.15. The normalized spacial score (nSPS) is 16.1. The van der Waals surface area contributed by atoms with E-state index in [0.717, 1.165) is 38.8 Å². The van der Waals surface area contributed by atoms with Gasteiger partial charge in [-0.2, -0.15) is 0 Å². The Kier molecular flexibility index (Phi) is 5.74. The number of carbonyl (C=O) groups is 1. The standard InChI is InChI=1S/C13H25NO/c1-3-5-10-14(11-6-4-2)13(15)12-8-7-9-12/h12H,3-11H2,1-2H3. The molecule has 0 atom stereocenters. The van der Waals surface area contributed by atoms with Gasteiger partial charge in [0.1, 0.15) is 0 Å². The molecule has 0 aromatic rings. The van der Waals surface area contributed by atoms with Crippen LogP contribution in [-0.2, 0) is 4.79 Å². The molecule has 0 spiro atoms. The summed E-state index contributed by atoms with van der Waals surface area (Å²) in [7, 11) is 0. The largest absolute Gasteiger partial charge is 0.342 e. The van der Waals surface area contributed by atoms with Crippen LogP contribution in [0.3, 0.4) is 0 Å². The summed E-state index contributed by atoms with van der Waals surface area (Å²) in [4.78, 5) is 14.2. The van der Waals surface area contributed by atoms with E-state index in [2.05, 4.69) is 18.7 Å². The van der Waals surface area contributed by atoms with Crippen molar-refractivity contribution >= 4 is 5.91 Å². The summed E-state index contributed by atoms with van der Waals surface area (Å²) in [6.07, 6.45) is 8.19. The lowest BCUT2D eigenvalue weighted by molar-refractivity contribution is -0.138. The van der Waals surface area contributed by atoms with Gasteiger partial charge in [0.25, 0.3) is 0 Å². The van der Waals surface area contributed by atoms with E-state index < -0.39 is 0 Å². The summed E-state index contributed by atoms with van der Waals surface area (Å²) in [6.45, 7) is 6.33. The Morgan fingerprint density at radius 3 is 2.00 bits per heavy atom. The molecule has 0 bridgehead atoms. The molecule has 0 radical (unpaired) electrons. The van der Waals surface area contributed by atoms with Crippen LogP contribution in [0.15, 0.2) is 0 Å². The van der Waals surface area contributed by atoms with Gasteiger partial charge < -0.3 is 4.90 Å². The number of amides is 1. The van der Waals surface area contributed by atoms with E-state index in [1.165, 1.54) is 19.3 Å². The highest BCUT2D eigenvalue weighted by molar-refractivity contribution is 5.79. The molecule has 0 unspecified atom stereocenters. The van der Waals surface area contributed by atoms with E-state index in [1.54, 1.807) is 0 Å². The van der Waals surface area contributed by atoms with Crippen LogP contribution in [0.4, 0.5) is 0 Å². The zero-order valence-corrected chi connectivity index (χ0v) is 10.3. The van der Waals surface area contributed by atoms with Gasteiger partial charge in [-0.15, -0.1) is 0 Å². The highest BCUT2D eigenvalue weighted by Gasteiger charge is 2.28. The third-order valence-electron chi connectivity index (χ3n) is 3.33. The molecule has 1 amide bonds. The van der Waals surface area contributed by atoms with Gasteiger partial charge in [-0.1, -0.05) is 33.1 Å². The molecule has 0 aromatic heterocycles. The van der Waals surface area contributed by atoms with Crippen LogP contribution in [0.2, 0.25) is 0 Å². The number of carbonyl (C=O) groups excluding carboxylic acids is 1. The lowest BCUT2D eigenvalue weighted by Crippen LogP contribution is -2.40. The molecular weight excluding hydrogens is 186 g/mol. The minimum absolute atomic E-state index is 0.374. The highest BCUT2D eigenvalue weighted by atomic mass is 16.2. The first-order valence-electron chi connectivity index (χ1n) is 6.58. The topological polar surface area (TPSA) is 20.3 Å². The minimum Gasteiger partial charge on any atom is -0.342 e. The number of hydrogen-bond donors (Lipinski definition) is 0. The van der Waals surface area contributed by atoms with Gasteiger partial charge in [0.15, 0.2) is 0 Å². The molecule has 0 aromatic carbocycles. The Morgan fingerprint density at radius 1 is 1.13 bits per heavy atom. The Balaban J connectivity index is 2.34. The first-order chi connectivity index (χ1) is 7.29. The third-order valence-corrected chi connectivity index (χ3v) is 3.33. The van der Waals surface area contributed by atoms with E-state index in [-0.39, 0.29) is 0 Å². The minimum atomic E-state index is 0.374. The third kappa shape index (κ3) is 3.84. The van der Waals surface area contributed by atoms with Crippen LogP contribution >= 0.6 is 0 Å². The van der Waals surface area contributed by atoms with Crippen molar-refractivity contribution < 1.29 is 4.79 Å². The zero-order chi connectivity index (χ0) is 11.1. The van der Waals surface area contributed by atoms with E-state index in [9.17, 15) is 4.79 Å². The maximum Gasteiger partial charge on any atom is 0.225 e. The predicted molar refractivity (Wildman–Crippen MR) is 63.7 cm³/mol. The summed E-state index contributed by atoms with van der Waals surface area (Å²) >= 11 is 0. The van der Waals surface area contributed by atoms with Crippen LogP contribution < -0.4 is 0 Å². The number of unbranched alkanes of at least 4 members (excludes halogenated alkanes) is 2. The molecule has 0 saturated heterocycles. The Hall–Kier alpha value is -0.530. The van der Waals surface area contributed by atoms with Gasteiger partial charge in [0, 0.05) is 19.0 Å². The summed E-state index contributed by atoms with van der Waals surface area (Å²) in [6, 6.07) is 0. The molecule has 1 aliphatic carbocycles. The van der Waals surface area contributed by atoms with Crippen LogP contribution in [0, 0.1) is 5.92 Å². The van der Waals surface area contributed by atoms with Gasteiger partial charge in [-0.3, -0.25) is 4.79 Å². The fourth-order valence-corrected chi connectivity index (χ4v) is 1.94. The van der Waals surface area contributed by atoms with Crippen molar-refractivity contribution in [2.45, 2.75) is 58.8 Å². The van der Waals surface area contributed by atoms with Crippen molar-refractivity contribution in [1.82, 2.24) is 4.90 Å². The lowest BCUT2D eigenvalue weighted by Gasteiger charge is -2.31. The molecule has 1 aliphatic rings. The smallest absolute Gasteiger partial charge is 0.225 e. The fourth-order valence-electron chi connectivity index (χ4n) is 1.94. The van der Waals surface area contributed by atoms with Crippen LogP contribution in [-0.4, -0.2) is 23.9 Å². The molecule has 0 N–H and O–H groups in total. The Labute approximate surface area is 94.0 Å². The molecular formula is C13H25NO. The van der Waals surface area contributed by atoms with Gasteiger partial charge in [-0.05, 0) is 25.7 Å². The highest BCUT2D eigenvalue weighted by Crippen LogP contribution is 2.28. The van der Waals surface area contributed by atoms with Gasteiger partial charge in [0.05, 0.1) is 0 Å². The summed E-state index contributed by atoms with van der Waals surface area (Å²) < 4.78 is 0. The van der Waals surface area contributed by atoms with Crippen molar-refractivity contribution in [3.8, 4) is 0 Å². The molecule has 2 heteroatoms. The molecule has 0 heterocycles. The second-order valence-corrected chi connectivity index (χ2v) is 4.66. The summed E-state index contributed by atoms with van der Waals surface area (Å²) in [5.41, 5.74) is 0. The fraction of sp³-hybridized carbons (Fsp3) is 0.923. The zero-order valence-electron chi connectivity index (χ0n) is 10.3. The Bertz CT molecular complexity index is 179. The predicted octanol–water partition coefficient (Wildman–Crippen LogP) is 3.22. The van der Waals surface area contributed by atoms with Crippen molar-refractivity contribution in [2.24, 2.45) is 5.92 Å². The molecule has 1 fully saturated rings. The number of hydrogen-bond acceptors (Lipinski definition) is 1. The summed E-state index contributed by atoms with van der Waals surface area (Å²) in [5.74, 6) is 0.807. The van der Waals surface area contributed by atoms with E-state index in [0.29, 0.717) is 11.8 Å². The number of rotatable bonds is 7. The molecule has 1 saturated carbocycles. The summed E-state index contributed by atoms with van der Waals surface area (Å²) in [5, 5.41) is 0. The van der Waals surface area contributed by atoms with E-state index >= 15 is 0 Å². The lowest BCUT2D eigenvalue weighted by atomic mass is 9.84. The van der Waals surface area contributed by atoms with Crippen LogP contribution in [0.25, 0.3) is 0 Å². The molecule has 88 valence electrons. The van der Waals surface area contributed by atoms with Gasteiger partial charge in [-0.25, -0.2) is 0 Å². The molecule has 1 rings (SSSR count). The van der Waals surface area contributed by atoms with Crippen molar-refractivity contribution in [2.75, 3.05) is 13.1 Å². The van der Waals surface area contributed by atoms with Crippen molar-refractivity contribution in [3.63, 3.8) is 0 Å². The monoisotopic (exact) mass is 211 g/mol. The number of nitrogens with zero attached hydrogens (tertiary/aromatic N) is 1. The van der Waals surface area contributed by atoms with Crippen LogP contribution in [0.1, 0.15) is 58.8 Å². The van der Waals surface area contributed by atoms with Gasteiger partial charge >= 0.3 is 0 Å². The second-order valence-electron chi connectivity index (χ2n) is 4.66. The van der Waals surface area contributed by atoms with Crippen molar-refractivity contribution in [3.05, 3.63) is 0 Å². The van der Waals surface area contributed by atoms with E-state index in [4.69, 9.17) is 0 Å². The first-order valence-corrected chi connectivity index (χ1v) is 6.58. The quantitative estimate of drug-likeness (QED) is 0.633. The average molecular weight is 211 g/mol. The van der Waals surface area contributed by atoms with E-state index in [1.807, 2.05) is 0 Å². The Morgan fingerprint density at radius 2 is 1.67 bits per heavy atom.